The first-order valence-corrected chi connectivity index (χ1v) is 6.43. The molecule has 0 amide bonds. The summed E-state index contributed by atoms with van der Waals surface area (Å²) in [6, 6.07) is 10.2. The van der Waals surface area contributed by atoms with Gasteiger partial charge in [-0.1, -0.05) is 41.4 Å². The fourth-order valence-electron chi connectivity index (χ4n) is 1.85. The Bertz CT molecular complexity index is 602. The van der Waals surface area contributed by atoms with Crippen molar-refractivity contribution < 1.29 is 4.39 Å². The summed E-state index contributed by atoms with van der Waals surface area (Å²) in [5.74, 6) is -0.489. The molecule has 0 aromatic heterocycles. The van der Waals surface area contributed by atoms with Gasteiger partial charge in [-0.05, 0) is 17.7 Å². The van der Waals surface area contributed by atoms with E-state index in [-0.39, 0.29) is 5.02 Å². The molecular formula is C14H13Cl2FN2. The van der Waals surface area contributed by atoms with Crippen LogP contribution in [-0.4, -0.2) is 7.05 Å². The molecule has 0 spiro atoms. The smallest absolute Gasteiger partial charge is 0.144 e. The summed E-state index contributed by atoms with van der Waals surface area (Å²) in [6.07, 6.45) is 0. The highest BCUT2D eigenvalue weighted by Gasteiger charge is 2.11. The second-order valence-corrected chi connectivity index (χ2v) is 5.09. The van der Waals surface area contributed by atoms with Gasteiger partial charge >= 0.3 is 0 Å². The lowest BCUT2D eigenvalue weighted by Crippen LogP contribution is -2.18. The summed E-state index contributed by atoms with van der Waals surface area (Å²) in [5.41, 5.74) is 7.82. The van der Waals surface area contributed by atoms with Gasteiger partial charge in [-0.15, -0.1) is 0 Å². The van der Waals surface area contributed by atoms with Gasteiger partial charge in [-0.3, -0.25) is 0 Å². The highest BCUT2D eigenvalue weighted by molar-refractivity contribution is 6.31. The Morgan fingerprint density at radius 1 is 1.16 bits per heavy atom. The van der Waals surface area contributed by atoms with Gasteiger partial charge in [0.05, 0.1) is 16.4 Å². The summed E-state index contributed by atoms with van der Waals surface area (Å²) in [7, 11) is 1.82. The van der Waals surface area contributed by atoms with Crippen LogP contribution >= 0.6 is 23.2 Å². The molecule has 19 heavy (non-hydrogen) atoms. The van der Waals surface area contributed by atoms with Crippen LogP contribution in [-0.2, 0) is 6.54 Å². The summed E-state index contributed by atoms with van der Waals surface area (Å²) in [4.78, 5) is 1.83. The maximum atomic E-state index is 13.5. The number of nitrogens with two attached hydrogens (primary N) is 1. The highest BCUT2D eigenvalue weighted by atomic mass is 35.5. The second-order valence-electron chi connectivity index (χ2n) is 4.27. The monoisotopic (exact) mass is 298 g/mol. The van der Waals surface area contributed by atoms with E-state index >= 15 is 0 Å². The number of anilines is 2. The van der Waals surface area contributed by atoms with Gasteiger partial charge in [-0.25, -0.2) is 4.39 Å². The lowest BCUT2D eigenvalue weighted by Gasteiger charge is -2.22. The van der Waals surface area contributed by atoms with E-state index in [1.54, 1.807) is 0 Å². The van der Waals surface area contributed by atoms with Crippen molar-refractivity contribution in [1.82, 2.24) is 0 Å². The number of nitrogen functional groups attached to an aromatic ring is 1. The minimum absolute atomic E-state index is 0.0207. The van der Waals surface area contributed by atoms with E-state index in [4.69, 9.17) is 28.9 Å². The van der Waals surface area contributed by atoms with Crippen LogP contribution < -0.4 is 10.6 Å². The van der Waals surface area contributed by atoms with Crippen molar-refractivity contribution in [3.8, 4) is 0 Å². The van der Waals surface area contributed by atoms with Crippen molar-refractivity contribution in [2.45, 2.75) is 6.54 Å². The van der Waals surface area contributed by atoms with Crippen LogP contribution in [0.5, 0.6) is 0 Å². The predicted octanol–water partition coefficient (Wildman–Crippen LogP) is 4.35. The third kappa shape index (κ3) is 3.11. The van der Waals surface area contributed by atoms with Crippen molar-refractivity contribution in [1.29, 1.82) is 0 Å². The van der Waals surface area contributed by atoms with Crippen LogP contribution in [0.3, 0.4) is 0 Å². The fourth-order valence-corrected chi connectivity index (χ4v) is 2.22. The van der Waals surface area contributed by atoms with E-state index < -0.39 is 5.82 Å². The third-order valence-electron chi connectivity index (χ3n) is 2.85. The molecular weight excluding hydrogens is 286 g/mol. The van der Waals surface area contributed by atoms with Crippen molar-refractivity contribution in [2.24, 2.45) is 0 Å². The maximum Gasteiger partial charge on any atom is 0.144 e. The number of rotatable bonds is 3. The predicted molar refractivity (Wildman–Crippen MR) is 79.4 cm³/mol. The van der Waals surface area contributed by atoms with Gasteiger partial charge in [0.15, 0.2) is 0 Å². The van der Waals surface area contributed by atoms with Gasteiger partial charge in [0.1, 0.15) is 5.82 Å². The zero-order valence-corrected chi connectivity index (χ0v) is 11.8. The van der Waals surface area contributed by atoms with Crippen LogP contribution in [0.4, 0.5) is 15.8 Å². The minimum atomic E-state index is -0.489. The Hall–Kier alpha value is -1.45. The SMILES string of the molecule is CN(Cc1ccccc1Cl)c1cc(F)c(Cl)cc1N. The molecule has 0 radical (unpaired) electrons. The molecule has 5 heteroatoms. The molecule has 2 N–H and O–H groups in total. The van der Waals surface area contributed by atoms with Gasteiger partial charge in [0.25, 0.3) is 0 Å². The first kappa shape index (κ1) is 14.0. The number of hydrogen-bond acceptors (Lipinski definition) is 2. The first-order chi connectivity index (χ1) is 8.99. The van der Waals surface area contributed by atoms with Crippen LogP contribution in [0.25, 0.3) is 0 Å². The van der Waals surface area contributed by atoms with Crippen LogP contribution in [0.15, 0.2) is 36.4 Å². The quantitative estimate of drug-likeness (QED) is 0.854. The molecule has 0 bridgehead atoms. The zero-order valence-electron chi connectivity index (χ0n) is 10.3. The van der Waals surface area contributed by atoms with Crippen molar-refractivity contribution >= 4 is 34.6 Å². The van der Waals surface area contributed by atoms with E-state index in [1.165, 1.54) is 12.1 Å². The summed E-state index contributed by atoms with van der Waals surface area (Å²) in [6.45, 7) is 0.533. The lowest BCUT2D eigenvalue weighted by molar-refractivity contribution is 0.628. The Labute approximate surface area is 121 Å². The summed E-state index contributed by atoms with van der Waals surface area (Å²) >= 11 is 11.8. The van der Waals surface area contributed by atoms with Gasteiger partial charge in [0.2, 0.25) is 0 Å². The molecule has 0 atom stereocenters. The topological polar surface area (TPSA) is 29.3 Å². The van der Waals surface area contributed by atoms with Gasteiger partial charge in [-0.2, -0.15) is 0 Å². The highest BCUT2D eigenvalue weighted by Crippen LogP contribution is 2.30. The second kappa shape index (κ2) is 5.68. The number of nitrogens with zero attached hydrogens (tertiary/aromatic N) is 1. The third-order valence-corrected chi connectivity index (χ3v) is 3.50. The van der Waals surface area contributed by atoms with Crippen LogP contribution in [0.1, 0.15) is 5.56 Å². The Kier molecular flexibility index (Phi) is 4.17. The molecule has 2 rings (SSSR count). The molecule has 0 saturated carbocycles. The van der Waals surface area contributed by atoms with E-state index in [9.17, 15) is 4.39 Å². The molecule has 0 saturated heterocycles. The van der Waals surface area contributed by atoms with E-state index in [0.29, 0.717) is 22.9 Å². The van der Waals surface area contributed by atoms with E-state index in [0.717, 1.165) is 5.56 Å². The molecule has 0 heterocycles. The van der Waals surface area contributed by atoms with Gasteiger partial charge in [0, 0.05) is 24.7 Å². The summed E-state index contributed by atoms with van der Waals surface area (Å²) < 4.78 is 13.5. The van der Waals surface area contributed by atoms with Crippen molar-refractivity contribution in [2.75, 3.05) is 17.7 Å². The minimum Gasteiger partial charge on any atom is -0.397 e. The van der Waals surface area contributed by atoms with Crippen molar-refractivity contribution in [3.63, 3.8) is 0 Å². The molecule has 0 aliphatic rings. The fraction of sp³-hybridized carbons (Fsp3) is 0.143. The van der Waals surface area contributed by atoms with E-state index in [1.807, 2.05) is 36.2 Å². The van der Waals surface area contributed by atoms with Crippen LogP contribution in [0.2, 0.25) is 10.0 Å². The number of benzene rings is 2. The standard InChI is InChI=1S/C14H13Cl2FN2/c1-19(8-9-4-2-3-5-10(9)15)14-7-12(17)11(16)6-13(14)18/h2-7H,8,18H2,1H3. The molecule has 0 aliphatic heterocycles. The maximum absolute atomic E-state index is 13.5. The average molecular weight is 299 g/mol. The normalized spacial score (nSPS) is 10.5. The number of halogens is 3. The van der Waals surface area contributed by atoms with Crippen LogP contribution in [0, 0.1) is 5.82 Å². The molecule has 0 fully saturated rings. The molecule has 2 nitrogen and oxygen atoms in total. The number of hydrogen-bond donors (Lipinski definition) is 1. The molecule has 100 valence electrons. The Morgan fingerprint density at radius 2 is 1.84 bits per heavy atom. The summed E-state index contributed by atoms with van der Waals surface area (Å²) in [5, 5.41) is 0.690. The molecule has 2 aromatic carbocycles. The zero-order chi connectivity index (χ0) is 14.0. The first-order valence-electron chi connectivity index (χ1n) is 5.68. The Morgan fingerprint density at radius 3 is 2.53 bits per heavy atom. The molecule has 0 unspecified atom stereocenters. The molecule has 2 aromatic rings. The molecule has 0 aliphatic carbocycles. The average Bonchev–Trinajstić information content (AvgIpc) is 2.36. The largest absolute Gasteiger partial charge is 0.397 e. The lowest BCUT2D eigenvalue weighted by atomic mass is 10.2. The Balaban J connectivity index is 2.28. The van der Waals surface area contributed by atoms with Crippen molar-refractivity contribution in [3.05, 3.63) is 57.8 Å². The van der Waals surface area contributed by atoms with Gasteiger partial charge < -0.3 is 10.6 Å². The van der Waals surface area contributed by atoms with E-state index in [2.05, 4.69) is 0 Å².